The molecular formula is C12H21N3O2S. The van der Waals surface area contributed by atoms with Gasteiger partial charge in [0, 0.05) is 13.1 Å². The molecule has 0 radical (unpaired) electrons. The average Bonchev–Trinajstić information content (AvgIpc) is 2.87. The maximum atomic E-state index is 12.0. The lowest BCUT2D eigenvalue weighted by molar-refractivity contribution is -0.134. The number of carbonyl (C=O) groups excluding carboxylic acids is 2. The van der Waals surface area contributed by atoms with Gasteiger partial charge >= 0.3 is 0 Å². The molecule has 1 atom stereocenters. The molecule has 0 bridgehead atoms. The molecule has 0 aliphatic carbocycles. The van der Waals surface area contributed by atoms with Crippen molar-refractivity contribution >= 4 is 29.0 Å². The van der Waals surface area contributed by atoms with Crippen LogP contribution in [0.5, 0.6) is 0 Å². The summed E-state index contributed by atoms with van der Waals surface area (Å²) in [7, 11) is 0. The molecule has 3 N–H and O–H groups in total. The third-order valence-corrected chi connectivity index (χ3v) is 4.06. The van der Waals surface area contributed by atoms with Crippen LogP contribution in [-0.2, 0) is 9.59 Å². The predicted molar refractivity (Wildman–Crippen MR) is 74.0 cm³/mol. The Kier molecular flexibility index (Phi) is 5.07. The van der Waals surface area contributed by atoms with Gasteiger partial charge in [-0.25, -0.2) is 0 Å². The van der Waals surface area contributed by atoms with E-state index in [9.17, 15) is 9.59 Å². The fraction of sp³-hybridized carbons (Fsp3) is 0.750. The lowest BCUT2D eigenvalue weighted by Crippen LogP contribution is -2.49. The summed E-state index contributed by atoms with van der Waals surface area (Å²) in [6.07, 6.45) is 2.60. The molecule has 1 aliphatic rings. The topological polar surface area (TPSA) is 75.4 Å². The minimum atomic E-state index is -0.874. The first kappa shape index (κ1) is 14.9. The molecule has 5 nitrogen and oxygen atoms in total. The fourth-order valence-electron chi connectivity index (χ4n) is 1.88. The van der Waals surface area contributed by atoms with E-state index in [1.54, 1.807) is 11.8 Å². The lowest BCUT2D eigenvalue weighted by atomic mass is 9.86. The van der Waals surface area contributed by atoms with E-state index in [0.29, 0.717) is 6.42 Å². The Morgan fingerprint density at radius 3 is 2.39 bits per heavy atom. The molecule has 0 spiro atoms. The van der Waals surface area contributed by atoms with Crippen LogP contribution in [0.1, 0.15) is 33.1 Å². The van der Waals surface area contributed by atoms with Gasteiger partial charge in [0.2, 0.25) is 11.8 Å². The summed E-state index contributed by atoms with van der Waals surface area (Å²) in [6, 6.07) is 0. The van der Waals surface area contributed by atoms with E-state index >= 15 is 0 Å². The molecule has 6 heteroatoms. The van der Waals surface area contributed by atoms with Crippen molar-refractivity contribution in [3.63, 3.8) is 0 Å². The van der Waals surface area contributed by atoms with E-state index in [1.807, 2.05) is 6.92 Å². The Bertz CT molecular complexity index is 353. The van der Waals surface area contributed by atoms with Gasteiger partial charge in [0.1, 0.15) is 0 Å². The Balaban J connectivity index is 2.49. The molecule has 1 saturated heterocycles. The van der Waals surface area contributed by atoms with E-state index in [2.05, 4.69) is 5.32 Å². The second kappa shape index (κ2) is 6.13. The molecule has 1 fully saturated rings. The Labute approximate surface area is 113 Å². The van der Waals surface area contributed by atoms with Gasteiger partial charge in [0.05, 0.1) is 16.9 Å². The molecule has 2 amide bonds. The fourth-order valence-corrected chi connectivity index (χ4v) is 2.11. The highest BCUT2D eigenvalue weighted by Crippen LogP contribution is 2.21. The maximum Gasteiger partial charge on any atom is 0.241 e. The molecular weight excluding hydrogens is 250 g/mol. The number of amides is 2. The molecule has 1 rings (SSSR count). The molecule has 1 unspecified atom stereocenters. The zero-order valence-electron chi connectivity index (χ0n) is 11.0. The number of carbonyl (C=O) groups is 2. The van der Waals surface area contributed by atoms with Gasteiger partial charge in [-0.1, -0.05) is 19.1 Å². The molecule has 1 aliphatic heterocycles. The zero-order valence-corrected chi connectivity index (χ0v) is 11.8. The lowest BCUT2D eigenvalue weighted by Gasteiger charge is -2.26. The highest BCUT2D eigenvalue weighted by molar-refractivity contribution is 7.80. The maximum absolute atomic E-state index is 12.0. The Morgan fingerprint density at radius 1 is 1.39 bits per heavy atom. The first-order valence-corrected chi connectivity index (χ1v) is 6.68. The number of nitrogens with zero attached hydrogens (tertiary/aromatic N) is 1. The van der Waals surface area contributed by atoms with Crippen LogP contribution in [-0.4, -0.2) is 41.3 Å². The molecule has 18 heavy (non-hydrogen) atoms. The quantitative estimate of drug-likeness (QED) is 0.711. The Morgan fingerprint density at radius 2 is 1.94 bits per heavy atom. The number of nitrogens with two attached hydrogens (primary N) is 1. The van der Waals surface area contributed by atoms with Crippen molar-refractivity contribution in [3.05, 3.63) is 0 Å². The number of thiocarbonyl (C=S) groups is 1. The molecule has 0 saturated carbocycles. The predicted octanol–water partition coefficient (Wildman–Crippen LogP) is 0.427. The molecule has 0 aromatic rings. The summed E-state index contributed by atoms with van der Waals surface area (Å²) in [6.45, 7) is 5.15. The van der Waals surface area contributed by atoms with Crippen molar-refractivity contribution < 1.29 is 9.59 Å². The SMILES string of the molecule is CCC(C)(C(=O)NCC(=O)N1CCCC1)C(N)=S. The monoisotopic (exact) mass is 271 g/mol. The molecule has 102 valence electrons. The van der Waals surface area contributed by atoms with Gasteiger partial charge in [-0.05, 0) is 26.2 Å². The van der Waals surface area contributed by atoms with Crippen molar-refractivity contribution in [2.24, 2.45) is 11.1 Å². The van der Waals surface area contributed by atoms with Crippen LogP contribution in [0, 0.1) is 5.41 Å². The summed E-state index contributed by atoms with van der Waals surface area (Å²) in [5.74, 6) is -0.313. The average molecular weight is 271 g/mol. The van der Waals surface area contributed by atoms with Gasteiger partial charge < -0.3 is 16.0 Å². The standard InChI is InChI=1S/C12H21N3O2S/c1-3-12(2,10(13)18)11(17)14-8-9(16)15-6-4-5-7-15/h3-8H2,1-2H3,(H2,13,18)(H,14,17). The summed E-state index contributed by atoms with van der Waals surface area (Å²) >= 11 is 4.91. The first-order chi connectivity index (χ1) is 8.41. The van der Waals surface area contributed by atoms with E-state index in [0.717, 1.165) is 25.9 Å². The van der Waals surface area contributed by atoms with Gasteiger partial charge in [-0.15, -0.1) is 0 Å². The second-order valence-corrected chi connectivity index (χ2v) is 5.26. The van der Waals surface area contributed by atoms with Crippen LogP contribution in [0.15, 0.2) is 0 Å². The van der Waals surface area contributed by atoms with Crippen LogP contribution in [0.25, 0.3) is 0 Å². The van der Waals surface area contributed by atoms with Crippen LogP contribution >= 0.6 is 12.2 Å². The largest absolute Gasteiger partial charge is 0.392 e. The van der Waals surface area contributed by atoms with E-state index in [4.69, 9.17) is 18.0 Å². The van der Waals surface area contributed by atoms with Crippen molar-refractivity contribution in [2.75, 3.05) is 19.6 Å². The van der Waals surface area contributed by atoms with Gasteiger partial charge in [0.15, 0.2) is 0 Å². The van der Waals surface area contributed by atoms with Crippen molar-refractivity contribution in [2.45, 2.75) is 33.1 Å². The highest BCUT2D eigenvalue weighted by Gasteiger charge is 2.34. The molecule has 1 heterocycles. The minimum Gasteiger partial charge on any atom is -0.392 e. The highest BCUT2D eigenvalue weighted by atomic mass is 32.1. The van der Waals surface area contributed by atoms with Gasteiger partial charge in [0.25, 0.3) is 0 Å². The van der Waals surface area contributed by atoms with Gasteiger partial charge in [-0.3, -0.25) is 9.59 Å². The van der Waals surface area contributed by atoms with E-state index in [-0.39, 0.29) is 23.3 Å². The van der Waals surface area contributed by atoms with E-state index < -0.39 is 5.41 Å². The minimum absolute atomic E-state index is 0.0248. The normalized spacial score (nSPS) is 18.2. The molecule has 0 aromatic heterocycles. The number of rotatable bonds is 5. The van der Waals surface area contributed by atoms with Crippen LogP contribution in [0.3, 0.4) is 0 Å². The third kappa shape index (κ3) is 3.19. The number of hydrogen-bond donors (Lipinski definition) is 2. The molecule has 0 aromatic carbocycles. The van der Waals surface area contributed by atoms with Crippen LogP contribution in [0.2, 0.25) is 0 Å². The summed E-state index contributed by atoms with van der Waals surface area (Å²) < 4.78 is 0. The third-order valence-electron chi connectivity index (χ3n) is 3.61. The Hall–Kier alpha value is -1.17. The van der Waals surface area contributed by atoms with Gasteiger partial charge in [-0.2, -0.15) is 0 Å². The van der Waals surface area contributed by atoms with E-state index in [1.165, 1.54) is 0 Å². The smallest absolute Gasteiger partial charge is 0.241 e. The summed E-state index contributed by atoms with van der Waals surface area (Å²) in [4.78, 5) is 25.7. The first-order valence-electron chi connectivity index (χ1n) is 6.27. The van der Waals surface area contributed by atoms with Crippen molar-refractivity contribution in [1.29, 1.82) is 0 Å². The number of likely N-dealkylation sites (tertiary alicyclic amines) is 1. The summed E-state index contributed by atoms with van der Waals surface area (Å²) in [5.41, 5.74) is 4.71. The van der Waals surface area contributed by atoms with Crippen molar-refractivity contribution in [3.8, 4) is 0 Å². The number of hydrogen-bond acceptors (Lipinski definition) is 3. The van der Waals surface area contributed by atoms with Crippen LogP contribution < -0.4 is 11.1 Å². The summed E-state index contributed by atoms with van der Waals surface area (Å²) in [5, 5.41) is 2.63. The van der Waals surface area contributed by atoms with Crippen molar-refractivity contribution in [1.82, 2.24) is 10.2 Å². The zero-order chi connectivity index (χ0) is 13.8. The second-order valence-electron chi connectivity index (χ2n) is 4.82. The van der Waals surface area contributed by atoms with Crippen LogP contribution in [0.4, 0.5) is 0 Å². The number of nitrogens with one attached hydrogen (secondary N) is 1.